The van der Waals surface area contributed by atoms with Gasteiger partial charge in [-0.3, -0.25) is 9.48 Å². The molecular weight excluding hydrogens is 333 g/mol. The highest BCUT2D eigenvalue weighted by molar-refractivity contribution is 5.79. The predicted molar refractivity (Wildman–Crippen MR) is 96.6 cm³/mol. The molecule has 0 radical (unpaired) electrons. The van der Waals surface area contributed by atoms with Crippen molar-refractivity contribution in [1.82, 2.24) is 24.9 Å². The number of aryl methyl sites for hydroxylation is 2. The number of amides is 1. The number of aromatic nitrogens is 4. The van der Waals surface area contributed by atoms with Crippen LogP contribution >= 0.6 is 0 Å². The van der Waals surface area contributed by atoms with Crippen molar-refractivity contribution in [3.63, 3.8) is 0 Å². The monoisotopic (exact) mass is 355 g/mol. The van der Waals surface area contributed by atoms with Gasteiger partial charge in [-0.15, -0.1) is 0 Å². The van der Waals surface area contributed by atoms with Crippen molar-refractivity contribution in [3.8, 4) is 5.69 Å². The first kappa shape index (κ1) is 17.8. The van der Waals surface area contributed by atoms with Crippen LogP contribution in [0.25, 0.3) is 5.69 Å². The molecule has 136 valence electrons. The summed E-state index contributed by atoms with van der Waals surface area (Å²) in [6, 6.07) is 8.03. The maximum absolute atomic E-state index is 13.1. The largest absolute Gasteiger partial charge is 0.356 e. The molecule has 1 amide bonds. The minimum atomic E-state index is -0.287. The lowest BCUT2D eigenvalue weighted by Gasteiger charge is -2.07. The minimum Gasteiger partial charge on any atom is -0.356 e. The van der Waals surface area contributed by atoms with Crippen LogP contribution < -0.4 is 5.32 Å². The van der Waals surface area contributed by atoms with Gasteiger partial charge < -0.3 is 5.32 Å². The zero-order valence-electron chi connectivity index (χ0n) is 14.9. The number of halogens is 1. The normalized spacial score (nSPS) is 10.9. The van der Waals surface area contributed by atoms with Crippen LogP contribution in [0.3, 0.4) is 0 Å². The molecule has 6 nitrogen and oxygen atoms in total. The Morgan fingerprint density at radius 1 is 1.23 bits per heavy atom. The number of carbonyl (C=O) groups excluding carboxylic acids is 1. The van der Waals surface area contributed by atoms with E-state index in [4.69, 9.17) is 0 Å². The van der Waals surface area contributed by atoms with Crippen molar-refractivity contribution in [2.75, 3.05) is 6.54 Å². The molecule has 0 bridgehead atoms. The third-order valence-corrected chi connectivity index (χ3v) is 4.30. The molecule has 1 aromatic carbocycles. The molecule has 0 saturated carbocycles. The molecule has 0 spiro atoms. The summed E-state index contributed by atoms with van der Waals surface area (Å²) in [4.78, 5) is 12.2. The van der Waals surface area contributed by atoms with Crippen molar-refractivity contribution in [2.45, 2.75) is 33.2 Å². The van der Waals surface area contributed by atoms with Gasteiger partial charge in [0.15, 0.2) is 0 Å². The van der Waals surface area contributed by atoms with E-state index in [1.807, 2.05) is 30.8 Å². The van der Waals surface area contributed by atoms with Gasteiger partial charge in [-0.25, -0.2) is 9.07 Å². The highest BCUT2D eigenvalue weighted by Crippen LogP contribution is 2.18. The van der Waals surface area contributed by atoms with Crippen LogP contribution in [0.2, 0.25) is 0 Å². The SMILES string of the molecule is Cc1nn(-c2ccc(F)cc2)c(C)c1CC(=O)NCCCn1cccn1. The Hall–Kier alpha value is -2.96. The van der Waals surface area contributed by atoms with Gasteiger partial charge in [0.25, 0.3) is 0 Å². The predicted octanol–water partition coefficient (Wildman–Crippen LogP) is 2.57. The summed E-state index contributed by atoms with van der Waals surface area (Å²) < 4.78 is 16.7. The quantitative estimate of drug-likeness (QED) is 0.663. The summed E-state index contributed by atoms with van der Waals surface area (Å²) in [5.74, 6) is -0.319. The number of hydrogen-bond acceptors (Lipinski definition) is 3. The van der Waals surface area contributed by atoms with Gasteiger partial charge in [0.1, 0.15) is 5.82 Å². The van der Waals surface area contributed by atoms with Gasteiger partial charge in [-0.1, -0.05) is 0 Å². The van der Waals surface area contributed by atoms with Gasteiger partial charge >= 0.3 is 0 Å². The molecule has 7 heteroatoms. The Kier molecular flexibility index (Phi) is 5.46. The third kappa shape index (κ3) is 4.17. The summed E-state index contributed by atoms with van der Waals surface area (Å²) in [6.45, 7) is 5.17. The molecule has 26 heavy (non-hydrogen) atoms. The van der Waals surface area contributed by atoms with Crippen LogP contribution in [0.1, 0.15) is 23.4 Å². The van der Waals surface area contributed by atoms with E-state index in [-0.39, 0.29) is 18.1 Å². The second kappa shape index (κ2) is 7.95. The standard InChI is InChI=1S/C19H22FN5O/c1-14-18(13-19(26)21-9-3-11-24-12-4-10-22-24)15(2)25(23-14)17-7-5-16(20)6-8-17/h4-8,10,12H,3,9,11,13H2,1-2H3,(H,21,26). The first-order valence-corrected chi connectivity index (χ1v) is 8.60. The van der Waals surface area contributed by atoms with E-state index in [0.717, 1.165) is 35.6 Å². The van der Waals surface area contributed by atoms with E-state index in [2.05, 4.69) is 15.5 Å². The first-order chi connectivity index (χ1) is 12.5. The lowest BCUT2D eigenvalue weighted by Crippen LogP contribution is -2.27. The average Bonchev–Trinajstić information content (AvgIpc) is 3.23. The van der Waals surface area contributed by atoms with Crippen LogP contribution in [0, 0.1) is 19.7 Å². The Morgan fingerprint density at radius 2 is 2.00 bits per heavy atom. The van der Waals surface area contributed by atoms with Crippen molar-refractivity contribution in [1.29, 1.82) is 0 Å². The van der Waals surface area contributed by atoms with Crippen molar-refractivity contribution < 1.29 is 9.18 Å². The van der Waals surface area contributed by atoms with E-state index < -0.39 is 0 Å². The maximum Gasteiger partial charge on any atom is 0.224 e. The number of hydrogen-bond donors (Lipinski definition) is 1. The summed E-state index contributed by atoms with van der Waals surface area (Å²) in [5.41, 5.74) is 3.37. The fourth-order valence-corrected chi connectivity index (χ4v) is 2.89. The van der Waals surface area contributed by atoms with E-state index in [1.165, 1.54) is 12.1 Å². The number of nitrogens with one attached hydrogen (secondary N) is 1. The Labute approximate surface area is 151 Å². The molecule has 2 heterocycles. The summed E-state index contributed by atoms with van der Waals surface area (Å²) in [6.07, 6.45) is 4.74. The highest BCUT2D eigenvalue weighted by Gasteiger charge is 2.15. The van der Waals surface area contributed by atoms with Crippen LogP contribution in [0.15, 0.2) is 42.7 Å². The molecule has 0 unspecified atom stereocenters. The van der Waals surface area contributed by atoms with E-state index in [1.54, 1.807) is 23.0 Å². The van der Waals surface area contributed by atoms with E-state index >= 15 is 0 Å². The lowest BCUT2D eigenvalue weighted by molar-refractivity contribution is -0.120. The van der Waals surface area contributed by atoms with Crippen LogP contribution in [0.4, 0.5) is 4.39 Å². The summed E-state index contributed by atoms with van der Waals surface area (Å²) in [5, 5.41) is 11.6. The fourth-order valence-electron chi connectivity index (χ4n) is 2.89. The molecular formula is C19H22FN5O. The summed E-state index contributed by atoms with van der Waals surface area (Å²) >= 11 is 0. The smallest absolute Gasteiger partial charge is 0.224 e. The molecule has 0 aliphatic rings. The lowest BCUT2D eigenvalue weighted by atomic mass is 10.1. The van der Waals surface area contributed by atoms with Crippen molar-refractivity contribution in [2.24, 2.45) is 0 Å². The minimum absolute atomic E-state index is 0.0321. The van der Waals surface area contributed by atoms with Crippen LogP contribution in [-0.2, 0) is 17.8 Å². The maximum atomic E-state index is 13.1. The van der Waals surface area contributed by atoms with Gasteiger partial charge in [-0.2, -0.15) is 10.2 Å². The molecule has 0 fully saturated rings. The zero-order valence-corrected chi connectivity index (χ0v) is 14.9. The fraction of sp³-hybridized carbons (Fsp3) is 0.316. The molecule has 3 aromatic rings. The van der Waals surface area contributed by atoms with Gasteiger partial charge in [-0.05, 0) is 50.6 Å². The van der Waals surface area contributed by atoms with Crippen LogP contribution in [-0.4, -0.2) is 32.0 Å². The molecule has 3 rings (SSSR count). The van der Waals surface area contributed by atoms with Crippen molar-refractivity contribution >= 4 is 5.91 Å². The third-order valence-electron chi connectivity index (χ3n) is 4.30. The number of rotatable bonds is 7. The first-order valence-electron chi connectivity index (χ1n) is 8.60. The van der Waals surface area contributed by atoms with Crippen molar-refractivity contribution in [3.05, 3.63) is 65.5 Å². The van der Waals surface area contributed by atoms with Crippen LogP contribution in [0.5, 0.6) is 0 Å². The van der Waals surface area contributed by atoms with Gasteiger partial charge in [0.2, 0.25) is 5.91 Å². The summed E-state index contributed by atoms with van der Waals surface area (Å²) in [7, 11) is 0. The molecule has 0 aliphatic carbocycles. The number of carbonyl (C=O) groups is 1. The van der Waals surface area contributed by atoms with Gasteiger partial charge in [0.05, 0.1) is 17.8 Å². The highest BCUT2D eigenvalue weighted by atomic mass is 19.1. The molecule has 1 N–H and O–H groups in total. The topological polar surface area (TPSA) is 64.7 Å². The number of nitrogens with zero attached hydrogens (tertiary/aromatic N) is 4. The zero-order chi connectivity index (χ0) is 18.5. The van der Waals surface area contributed by atoms with E-state index in [0.29, 0.717) is 6.54 Å². The Balaban J connectivity index is 1.58. The second-order valence-corrected chi connectivity index (χ2v) is 6.19. The molecule has 0 saturated heterocycles. The molecule has 2 aromatic heterocycles. The number of benzene rings is 1. The van der Waals surface area contributed by atoms with E-state index in [9.17, 15) is 9.18 Å². The average molecular weight is 355 g/mol. The molecule has 0 aliphatic heterocycles. The molecule has 0 atom stereocenters. The second-order valence-electron chi connectivity index (χ2n) is 6.19. The van der Waals surface area contributed by atoms with Gasteiger partial charge in [0, 0.05) is 36.7 Å². The Morgan fingerprint density at radius 3 is 2.69 bits per heavy atom. The Bertz CT molecular complexity index is 868.